The molecule has 0 radical (unpaired) electrons. The van der Waals surface area contributed by atoms with Gasteiger partial charge in [0.05, 0.1) is 15.6 Å². The summed E-state index contributed by atoms with van der Waals surface area (Å²) in [5.41, 5.74) is 0. The predicted molar refractivity (Wildman–Crippen MR) is 96.6 cm³/mol. The maximum absolute atomic E-state index is 5.88. The van der Waals surface area contributed by atoms with Gasteiger partial charge in [-0.1, -0.05) is 29.8 Å². The average Bonchev–Trinajstić information content (AvgIpc) is 2.40. The molecule has 0 bridgehead atoms. The largest absolute Gasteiger partial charge is 0.491 e. The van der Waals surface area contributed by atoms with Crippen LogP contribution in [0.1, 0.15) is 39.5 Å². The third-order valence-corrected chi connectivity index (χ3v) is 4.72. The van der Waals surface area contributed by atoms with Crippen molar-refractivity contribution in [2.75, 3.05) is 13.2 Å². The van der Waals surface area contributed by atoms with Crippen molar-refractivity contribution < 1.29 is 4.74 Å². The molecule has 0 spiro atoms. The minimum absolute atomic E-state index is 0.607. The highest BCUT2D eigenvalue weighted by molar-refractivity contribution is 9.11. The Balaban J connectivity index is 2.37. The molecule has 0 aliphatic heterocycles. The van der Waals surface area contributed by atoms with Gasteiger partial charge in [0.15, 0.2) is 0 Å². The van der Waals surface area contributed by atoms with Crippen LogP contribution >= 0.6 is 47.8 Å². The van der Waals surface area contributed by atoms with Crippen LogP contribution in [-0.4, -0.2) is 19.2 Å². The topological polar surface area (TPSA) is 21.3 Å². The predicted octanol–water partition coefficient (Wildman–Crippen LogP) is 5.91. The van der Waals surface area contributed by atoms with Crippen LogP contribution in [0.2, 0.25) is 0 Å². The molecule has 0 heterocycles. The molecule has 2 nitrogen and oxygen atoms in total. The van der Waals surface area contributed by atoms with Crippen molar-refractivity contribution in [3.05, 3.63) is 25.6 Å². The maximum atomic E-state index is 5.88. The van der Waals surface area contributed by atoms with Crippen LogP contribution in [0, 0.1) is 0 Å². The summed E-state index contributed by atoms with van der Waals surface area (Å²) in [6.45, 7) is 6.27. The maximum Gasteiger partial charge on any atom is 0.147 e. The van der Waals surface area contributed by atoms with E-state index < -0.39 is 0 Å². The zero-order valence-electron chi connectivity index (χ0n) is 12.0. The van der Waals surface area contributed by atoms with Crippen LogP contribution in [0.25, 0.3) is 0 Å². The Bertz CT molecular complexity index is 389. The second-order valence-corrected chi connectivity index (χ2v) is 7.37. The van der Waals surface area contributed by atoms with Gasteiger partial charge in [0, 0.05) is 10.5 Å². The van der Waals surface area contributed by atoms with E-state index in [9.17, 15) is 0 Å². The standard InChI is InChI=1S/C15H22Br3NO/c1-3-7-19-12(4-2)6-5-8-20-15-13(17)9-11(16)10-14(15)18/h9-10,12,19H,3-8H2,1-2H3. The molecule has 1 N–H and O–H groups in total. The zero-order chi connectivity index (χ0) is 15.0. The monoisotopic (exact) mass is 469 g/mol. The van der Waals surface area contributed by atoms with Gasteiger partial charge in [-0.25, -0.2) is 0 Å². The van der Waals surface area contributed by atoms with Crippen molar-refractivity contribution in [3.63, 3.8) is 0 Å². The second kappa shape index (κ2) is 10.2. The lowest BCUT2D eigenvalue weighted by Crippen LogP contribution is -2.29. The van der Waals surface area contributed by atoms with E-state index in [2.05, 4.69) is 67.0 Å². The van der Waals surface area contributed by atoms with Crippen molar-refractivity contribution >= 4 is 47.8 Å². The summed E-state index contributed by atoms with van der Waals surface area (Å²) in [6.07, 6.45) is 4.57. The molecule has 0 aromatic heterocycles. The molecule has 0 fully saturated rings. The first-order valence-electron chi connectivity index (χ1n) is 7.09. The summed E-state index contributed by atoms with van der Waals surface area (Å²) >= 11 is 10.5. The molecule has 1 rings (SSSR count). The molecule has 1 aromatic rings. The van der Waals surface area contributed by atoms with Crippen molar-refractivity contribution in [1.29, 1.82) is 0 Å². The van der Waals surface area contributed by atoms with Crippen molar-refractivity contribution in [2.24, 2.45) is 0 Å². The SMILES string of the molecule is CCCNC(CC)CCCOc1c(Br)cc(Br)cc1Br. The fourth-order valence-electron chi connectivity index (χ4n) is 1.97. The third-order valence-electron chi connectivity index (χ3n) is 3.08. The molecule has 0 aliphatic carbocycles. The zero-order valence-corrected chi connectivity index (χ0v) is 16.8. The Morgan fingerprint density at radius 3 is 2.35 bits per heavy atom. The minimum Gasteiger partial charge on any atom is -0.491 e. The Labute approximate surface area is 147 Å². The van der Waals surface area contributed by atoms with Crippen molar-refractivity contribution in [2.45, 2.75) is 45.6 Å². The van der Waals surface area contributed by atoms with E-state index in [-0.39, 0.29) is 0 Å². The fourth-order valence-corrected chi connectivity index (χ4v) is 4.46. The summed E-state index contributed by atoms with van der Waals surface area (Å²) in [4.78, 5) is 0. The minimum atomic E-state index is 0.607. The normalized spacial score (nSPS) is 12.4. The lowest BCUT2D eigenvalue weighted by atomic mass is 10.1. The first kappa shape index (κ1) is 18.5. The lowest BCUT2D eigenvalue weighted by molar-refractivity contribution is 0.291. The summed E-state index contributed by atoms with van der Waals surface area (Å²) in [5.74, 6) is 0.878. The van der Waals surface area contributed by atoms with Gasteiger partial charge in [-0.15, -0.1) is 0 Å². The quantitative estimate of drug-likeness (QED) is 0.452. The van der Waals surface area contributed by atoms with Crippen LogP contribution in [-0.2, 0) is 0 Å². The summed E-state index contributed by atoms with van der Waals surface area (Å²) in [5, 5.41) is 3.57. The van der Waals surface area contributed by atoms with Gasteiger partial charge in [0.2, 0.25) is 0 Å². The lowest BCUT2D eigenvalue weighted by Gasteiger charge is -2.17. The average molecular weight is 472 g/mol. The molecule has 1 unspecified atom stereocenters. The first-order valence-corrected chi connectivity index (χ1v) is 9.47. The highest BCUT2D eigenvalue weighted by Gasteiger charge is 2.09. The first-order chi connectivity index (χ1) is 9.58. The number of rotatable bonds is 9. The number of ether oxygens (including phenoxy) is 1. The Morgan fingerprint density at radius 1 is 1.15 bits per heavy atom. The summed E-state index contributed by atoms with van der Waals surface area (Å²) in [6, 6.07) is 4.60. The van der Waals surface area contributed by atoms with Crippen LogP contribution in [0.3, 0.4) is 0 Å². The summed E-state index contributed by atoms with van der Waals surface area (Å²) in [7, 11) is 0. The molecule has 0 aliphatic rings. The van der Waals surface area contributed by atoms with Gasteiger partial charge in [-0.05, 0) is 76.2 Å². The molecule has 114 valence electrons. The van der Waals surface area contributed by atoms with Crippen molar-refractivity contribution in [3.8, 4) is 5.75 Å². The van der Waals surface area contributed by atoms with E-state index in [0.29, 0.717) is 6.04 Å². The Morgan fingerprint density at radius 2 is 1.80 bits per heavy atom. The Kier molecular flexibility index (Phi) is 9.42. The molecule has 1 aromatic carbocycles. The molecular weight excluding hydrogens is 450 g/mol. The van der Waals surface area contributed by atoms with E-state index in [1.807, 2.05) is 12.1 Å². The van der Waals surface area contributed by atoms with Gasteiger partial charge in [0.25, 0.3) is 0 Å². The van der Waals surface area contributed by atoms with Crippen LogP contribution in [0.4, 0.5) is 0 Å². The molecular formula is C15H22Br3NO. The molecule has 0 amide bonds. The molecule has 0 saturated carbocycles. The van der Waals surface area contributed by atoms with Crippen LogP contribution in [0.15, 0.2) is 25.6 Å². The fraction of sp³-hybridized carbons (Fsp3) is 0.600. The molecule has 20 heavy (non-hydrogen) atoms. The van der Waals surface area contributed by atoms with E-state index in [0.717, 1.165) is 45.2 Å². The highest BCUT2D eigenvalue weighted by atomic mass is 79.9. The van der Waals surface area contributed by atoms with Gasteiger partial charge >= 0.3 is 0 Å². The number of benzene rings is 1. The van der Waals surface area contributed by atoms with E-state index in [1.165, 1.54) is 12.8 Å². The van der Waals surface area contributed by atoms with Crippen LogP contribution in [0.5, 0.6) is 5.75 Å². The van der Waals surface area contributed by atoms with Gasteiger partial charge in [0.1, 0.15) is 5.75 Å². The Hall–Kier alpha value is 0.420. The number of halogens is 3. The van der Waals surface area contributed by atoms with Gasteiger partial charge in [-0.3, -0.25) is 0 Å². The van der Waals surface area contributed by atoms with E-state index in [1.54, 1.807) is 0 Å². The highest BCUT2D eigenvalue weighted by Crippen LogP contribution is 2.36. The molecule has 1 atom stereocenters. The van der Waals surface area contributed by atoms with E-state index in [4.69, 9.17) is 4.74 Å². The molecule has 5 heteroatoms. The van der Waals surface area contributed by atoms with Gasteiger partial charge in [-0.2, -0.15) is 0 Å². The summed E-state index contributed by atoms with van der Waals surface area (Å²) < 4.78 is 8.84. The second-order valence-electron chi connectivity index (χ2n) is 4.75. The smallest absolute Gasteiger partial charge is 0.147 e. The number of hydrogen-bond donors (Lipinski definition) is 1. The number of nitrogens with one attached hydrogen (secondary N) is 1. The number of hydrogen-bond acceptors (Lipinski definition) is 2. The van der Waals surface area contributed by atoms with Gasteiger partial charge < -0.3 is 10.1 Å². The third kappa shape index (κ3) is 6.46. The van der Waals surface area contributed by atoms with Crippen molar-refractivity contribution in [1.82, 2.24) is 5.32 Å². The van der Waals surface area contributed by atoms with E-state index >= 15 is 0 Å². The molecule has 0 saturated heterocycles. The van der Waals surface area contributed by atoms with Crippen LogP contribution < -0.4 is 10.1 Å².